The number of hydrogen-bond acceptors (Lipinski definition) is 3. The molecule has 4 heteroatoms. The van der Waals surface area contributed by atoms with Crippen molar-refractivity contribution < 1.29 is 4.84 Å². The predicted molar refractivity (Wildman–Crippen MR) is 68.7 cm³/mol. The van der Waals surface area contributed by atoms with E-state index in [1.54, 1.807) is 0 Å². The Kier molecular flexibility index (Phi) is 4.73. The van der Waals surface area contributed by atoms with Gasteiger partial charge in [0.2, 0.25) is 0 Å². The Bertz CT molecular complexity index is 307. The lowest BCUT2D eigenvalue weighted by atomic mass is 10.1. The quantitative estimate of drug-likeness (QED) is 0.641. The van der Waals surface area contributed by atoms with Gasteiger partial charge in [0.05, 0.1) is 6.61 Å². The molecule has 1 fully saturated rings. The Morgan fingerprint density at radius 2 is 2.19 bits per heavy atom. The van der Waals surface area contributed by atoms with E-state index in [4.69, 9.17) is 4.84 Å². The summed E-state index contributed by atoms with van der Waals surface area (Å²) >= 11 is 0. The van der Waals surface area contributed by atoms with Crippen molar-refractivity contribution in [2.24, 2.45) is 0 Å². The van der Waals surface area contributed by atoms with E-state index in [-0.39, 0.29) is 0 Å². The molecule has 88 valence electrons. The van der Waals surface area contributed by atoms with Crippen molar-refractivity contribution in [3.63, 3.8) is 0 Å². The summed E-state index contributed by atoms with van der Waals surface area (Å²) in [5.74, 6) is 0. The standard InChI is InChI=1S/C12H19N2OP/c16-14-8-4-7-12(9-14)13-15-10-11-5-2-1-3-6-11/h1-3,5-6,12-13H,4,7-10,16H2. The highest BCUT2D eigenvalue weighted by atomic mass is 31.0. The largest absolute Gasteiger partial charge is 0.297 e. The van der Waals surface area contributed by atoms with Gasteiger partial charge in [-0.15, -0.1) is 0 Å². The van der Waals surface area contributed by atoms with E-state index in [9.17, 15) is 0 Å². The maximum Gasteiger partial charge on any atom is 0.0933 e. The molecule has 0 spiro atoms. The molecule has 1 aromatic carbocycles. The van der Waals surface area contributed by atoms with Gasteiger partial charge in [-0.2, -0.15) is 5.48 Å². The molecule has 2 atom stereocenters. The SMILES string of the molecule is PN1CCCC(NOCc2ccccc2)C1. The molecule has 0 radical (unpaired) electrons. The van der Waals surface area contributed by atoms with Crippen LogP contribution in [-0.2, 0) is 11.4 Å². The van der Waals surface area contributed by atoms with Gasteiger partial charge in [-0.25, -0.2) is 0 Å². The molecule has 0 saturated carbocycles. The summed E-state index contributed by atoms with van der Waals surface area (Å²) in [5, 5.41) is 0. The van der Waals surface area contributed by atoms with Gasteiger partial charge in [0.1, 0.15) is 0 Å². The van der Waals surface area contributed by atoms with Gasteiger partial charge in [0, 0.05) is 19.1 Å². The summed E-state index contributed by atoms with van der Waals surface area (Å²) < 4.78 is 2.26. The average molecular weight is 238 g/mol. The summed E-state index contributed by atoms with van der Waals surface area (Å²) in [7, 11) is 2.76. The molecule has 1 aromatic rings. The van der Waals surface area contributed by atoms with Crippen LogP contribution in [0.2, 0.25) is 0 Å². The van der Waals surface area contributed by atoms with Crippen molar-refractivity contribution >= 4 is 9.39 Å². The second-order valence-corrected chi connectivity index (χ2v) is 4.96. The minimum Gasteiger partial charge on any atom is -0.297 e. The Morgan fingerprint density at radius 1 is 1.38 bits per heavy atom. The molecule has 2 rings (SSSR count). The average Bonchev–Trinajstić information content (AvgIpc) is 2.30. The molecular weight excluding hydrogens is 219 g/mol. The second kappa shape index (κ2) is 6.31. The predicted octanol–water partition coefficient (Wildman–Crippen LogP) is 1.96. The molecule has 0 aromatic heterocycles. The topological polar surface area (TPSA) is 24.5 Å². The number of nitrogens with one attached hydrogen (secondary N) is 1. The summed E-state index contributed by atoms with van der Waals surface area (Å²) in [6.45, 7) is 2.84. The van der Waals surface area contributed by atoms with Gasteiger partial charge in [-0.1, -0.05) is 39.7 Å². The van der Waals surface area contributed by atoms with Gasteiger partial charge in [0.15, 0.2) is 0 Å². The fourth-order valence-electron chi connectivity index (χ4n) is 1.92. The van der Waals surface area contributed by atoms with Crippen LogP contribution in [0, 0.1) is 0 Å². The highest BCUT2D eigenvalue weighted by molar-refractivity contribution is 7.13. The zero-order chi connectivity index (χ0) is 11.2. The number of rotatable bonds is 4. The fourth-order valence-corrected chi connectivity index (χ4v) is 2.36. The number of piperidine rings is 1. The Morgan fingerprint density at radius 3 is 2.94 bits per heavy atom. The molecule has 3 nitrogen and oxygen atoms in total. The van der Waals surface area contributed by atoms with Crippen LogP contribution in [0.3, 0.4) is 0 Å². The van der Waals surface area contributed by atoms with E-state index in [2.05, 4.69) is 31.7 Å². The van der Waals surface area contributed by atoms with E-state index in [1.807, 2.05) is 18.2 Å². The van der Waals surface area contributed by atoms with Crippen LogP contribution in [0.5, 0.6) is 0 Å². The van der Waals surface area contributed by atoms with Gasteiger partial charge >= 0.3 is 0 Å². The van der Waals surface area contributed by atoms with E-state index in [0.717, 1.165) is 6.54 Å². The van der Waals surface area contributed by atoms with Crippen molar-refractivity contribution in [1.82, 2.24) is 10.2 Å². The normalized spacial score (nSPS) is 22.2. The van der Waals surface area contributed by atoms with Gasteiger partial charge < -0.3 is 0 Å². The third kappa shape index (κ3) is 3.84. The third-order valence-corrected chi connectivity index (χ3v) is 3.25. The van der Waals surface area contributed by atoms with Crippen LogP contribution in [0.25, 0.3) is 0 Å². The van der Waals surface area contributed by atoms with Crippen LogP contribution < -0.4 is 5.48 Å². The van der Waals surface area contributed by atoms with Crippen molar-refractivity contribution in [2.75, 3.05) is 13.1 Å². The minimum atomic E-state index is 0.454. The zero-order valence-corrected chi connectivity index (χ0v) is 10.6. The van der Waals surface area contributed by atoms with E-state index in [1.165, 1.54) is 24.9 Å². The first kappa shape index (κ1) is 12.0. The first-order valence-corrected chi connectivity index (χ1v) is 6.27. The number of hydroxylamine groups is 1. The molecule has 16 heavy (non-hydrogen) atoms. The lowest BCUT2D eigenvalue weighted by Gasteiger charge is -2.29. The van der Waals surface area contributed by atoms with Crippen LogP contribution in [-0.4, -0.2) is 23.8 Å². The molecule has 1 aliphatic rings. The fraction of sp³-hybridized carbons (Fsp3) is 0.500. The lowest BCUT2D eigenvalue weighted by Crippen LogP contribution is -2.41. The van der Waals surface area contributed by atoms with Crippen molar-refractivity contribution in [2.45, 2.75) is 25.5 Å². The lowest BCUT2D eigenvalue weighted by molar-refractivity contribution is -0.00697. The number of nitrogens with zero attached hydrogens (tertiary/aromatic N) is 1. The van der Waals surface area contributed by atoms with E-state index in [0.29, 0.717) is 12.6 Å². The summed E-state index contributed by atoms with van der Waals surface area (Å²) in [5.41, 5.74) is 4.35. The molecule has 1 saturated heterocycles. The van der Waals surface area contributed by atoms with Crippen LogP contribution in [0.1, 0.15) is 18.4 Å². The monoisotopic (exact) mass is 238 g/mol. The molecule has 1 heterocycles. The molecule has 2 unspecified atom stereocenters. The van der Waals surface area contributed by atoms with Crippen molar-refractivity contribution in [1.29, 1.82) is 0 Å². The van der Waals surface area contributed by atoms with E-state index >= 15 is 0 Å². The Labute approximate surface area is 99.4 Å². The van der Waals surface area contributed by atoms with E-state index < -0.39 is 0 Å². The molecule has 0 amide bonds. The van der Waals surface area contributed by atoms with Gasteiger partial charge in [-0.3, -0.25) is 9.51 Å². The summed E-state index contributed by atoms with van der Waals surface area (Å²) in [4.78, 5) is 5.52. The van der Waals surface area contributed by atoms with Crippen molar-refractivity contribution in [3.8, 4) is 0 Å². The minimum absolute atomic E-state index is 0.454. The summed E-state index contributed by atoms with van der Waals surface area (Å²) in [6, 6.07) is 10.7. The maximum absolute atomic E-state index is 5.52. The molecule has 1 N–H and O–H groups in total. The van der Waals surface area contributed by atoms with Gasteiger partial charge in [-0.05, 0) is 18.4 Å². The number of benzene rings is 1. The summed E-state index contributed by atoms with van der Waals surface area (Å²) in [6.07, 6.45) is 2.43. The van der Waals surface area contributed by atoms with Crippen LogP contribution in [0.15, 0.2) is 30.3 Å². The zero-order valence-electron chi connectivity index (χ0n) is 9.43. The first-order valence-electron chi connectivity index (χ1n) is 5.75. The van der Waals surface area contributed by atoms with Crippen LogP contribution in [0.4, 0.5) is 0 Å². The Balaban J connectivity index is 1.68. The third-order valence-electron chi connectivity index (χ3n) is 2.78. The smallest absolute Gasteiger partial charge is 0.0933 e. The highest BCUT2D eigenvalue weighted by Gasteiger charge is 2.16. The number of hydrogen-bond donors (Lipinski definition) is 1. The maximum atomic E-state index is 5.52. The van der Waals surface area contributed by atoms with Gasteiger partial charge in [0.25, 0.3) is 0 Å². The molecule has 0 bridgehead atoms. The molecule has 1 aliphatic heterocycles. The Hall–Kier alpha value is -0.470. The second-order valence-electron chi connectivity index (χ2n) is 4.23. The first-order chi connectivity index (χ1) is 7.84. The molecule has 0 aliphatic carbocycles. The van der Waals surface area contributed by atoms with Crippen molar-refractivity contribution in [3.05, 3.63) is 35.9 Å². The highest BCUT2D eigenvalue weighted by Crippen LogP contribution is 2.13. The molecular formula is C12H19N2OP. The van der Waals surface area contributed by atoms with Crippen LogP contribution >= 0.6 is 9.39 Å².